The van der Waals surface area contributed by atoms with Gasteiger partial charge in [-0.2, -0.15) is 17.9 Å². The maximum atomic E-state index is 13.1. The summed E-state index contributed by atoms with van der Waals surface area (Å²) in [5.41, 5.74) is 4.95. The van der Waals surface area contributed by atoms with Crippen LogP contribution < -0.4 is 16.2 Å². The molecule has 0 fully saturated rings. The zero-order valence-electron chi connectivity index (χ0n) is 20.8. The zero-order valence-corrected chi connectivity index (χ0v) is 22.4. The van der Waals surface area contributed by atoms with E-state index in [1.165, 1.54) is 24.3 Å². The monoisotopic (exact) mass is 644 g/mol. The van der Waals surface area contributed by atoms with Crippen LogP contribution in [0, 0.1) is 0 Å². The number of alkyl halides is 6. The van der Waals surface area contributed by atoms with Crippen LogP contribution in [0.5, 0.6) is 5.75 Å². The van der Waals surface area contributed by atoms with Crippen LogP contribution in [-0.4, -0.2) is 69.6 Å². The highest BCUT2D eigenvalue weighted by atomic mass is 35.5. The van der Waals surface area contributed by atoms with Crippen molar-refractivity contribution in [2.24, 2.45) is 5.73 Å². The first kappa shape index (κ1) is 32.8. The van der Waals surface area contributed by atoms with Gasteiger partial charge in [-0.15, -0.1) is 35.8 Å². The minimum Gasteiger partial charge on any atom is -0.402 e. The summed E-state index contributed by atoms with van der Waals surface area (Å²) in [6.07, 6.45) is -11.9. The number of nitrogens with zero attached hydrogens (tertiary/aromatic N) is 7. The average molecular weight is 645 g/mol. The summed E-state index contributed by atoms with van der Waals surface area (Å²) in [6.45, 7) is -2.52. The number of aliphatic hydroxyl groups excluding tert-OH is 2. The highest BCUT2D eigenvalue weighted by Crippen LogP contribution is 2.29. The Morgan fingerprint density at radius 2 is 1.74 bits per heavy atom. The Labute approximate surface area is 242 Å². The largest absolute Gasteiger partial charge is 0.573 e. The van der Waals surface area contributed by atoms with Crippen LogP contribution in [0.2, 0.25) is 5.02 Å². The van der Waals surface area contributed by atoms with E-state index in [9.17, 15) is 41.4 Å². The number of aromatic nitrogens is 7. The van der Waals surface area contributed by atoms with Gasteiger partial charge in [0.1, 0.15) is 6.54 Å². The summed E-state index contributed by atoms with van der Waals surface area (Å²) in [6, 6.07) is 6.42. The molecule has 228 valence electrons. The Hall–Kier alpha value is -3.71. The Bertz CT molecular complexity index is 1570. The zero-order chi connectivity index (χ0) is 30.1. The van der Waals surface area contributed by atoms with Gasteiger partial charge < -0.3 is 20.7 Å². The maximum absolute atomic E-state index is 13.1. The highest BCUT2D eigenvalue weighted by Gasteiger charge is 2.39. The number of ether oxygens (including phenoxy) is 1. The molecule has 1 aromatic carbocycles. The van der Waals surface area contributed by atoms with Crippen molar-refractivity contribution in [2.45, 2.75) is 37.8 Å². The van der Waals surface area contributed by atoms with E-state index in [0.717, 1.165) is 23.0 Å². The van der Waals surface area contributed by atoms with Gasteiger partial charge in [-0.25, -0.2) is 19.4 Å². The van der Waals surface area contributed by atoms with Crippen LogP contribution >= 0.6 is 24.0 Å². The molecule has 3 aromatic heterocycles. The summed E-state index contributed by atoms with van der Waals surface area (Å²) in [4.78, 5) is 21.1. The summed E-state index contributed by atoms with van der Waals surface area (Å²) < 4.78 is 84.3. The molecule has 0 amide bonds. The smallest absolute Gasteiger partial charge is 0.402 e. The van der Waals surface area contributed by atoms with Crippen LogP contribution in [0.3, 0.4) is 0 Å². The Balaban J connectivity index is 0.00000484. The number of hydrogen-bond donors (Lipinski definition) is 3. The van der Waals surface area contributed by atoms with Crippen LogP contribution in [0.15, 0.2) is 47.4 Å². The van der Waals surface area contributed by atoms with E-state index in [2.05, 4.69) is 24.9 Å². The van der Waals surface area contributed by atoms with E-state index in [1.807, 2.05) is 0 Å². The molecule has 4 N–H and O–H groups in total. The summed E-state index contributed by atoms with van der Waals surface area (Å²) in [5.74, 6) is -2.09. The van der Waals surface area contributed by atoms with Gasteiger partial charge in [-0.3, -0.25) is 4.57 Å². The van der Waals surface area contributed by atoms with Crippen LogP contribution in [0.4, 0.5) is 26.3 Å². The van der Waals surface area contributed by atoms with E-state index in [1.54, 1.807) is 0 Å². The van der Waals surface area contributed by atoms with Crippen molar-refractivity contribution in [1.29, 1.82) is 0 Å². The molecule has 0 bridgehead atoms. The number of pyridine rings is 1. The van der Waals surface area contributed by atoms with Gasteiger partial charge in [-0.1, -0.05) is 11.6 Å². The van der Waals surface area contributed by atoms with Crippen molar-refractivity contribution in [3.8, 4) is 23.0 Å². The summed E-state index contributed by atoms with van der Waals surface area (Å²) in [7, 11) is 0. The fourth-order valence-electron chi connectivity index (χ4n) is 3.59. The lowest BCUT2D eigenvalue weighted by atomic mass is 10.2. The van der Waals surface area contributed by atoms with Gasteiger partial charge in [0.05, 0.1) is 19.2 Å². The third-order valence-electron chi connectivity index (χ3n) is 5.43. The molecule has 0 saturated heterocycles. The molecule has 0 radical (unpaired) electrons. The molecule has 42 heavy (non-hydrogen) atoms. The lowest BCUT2D eigenvalue weighted by Crippen LogP contribution is -2.37. The highest BCUT2D eigenvalue weighted by molar-refractivity contribution is 6.30. The molecule has 2 unspecified atom stereocenters. The first-order chi connectivity index (χ1) is 19.2. The molecule has 4 aromatic rings. The summed E-state index contributed by atoms with van der Waals surface area (Å²) >= 11 is 5.87. The molecule has 4 rings (SSSR count). The molecule has 3 heterocycles. The number of halogens is 8. The normalized spacial score (nSPS) is 13.5. The van der Waals surface area contributed by atoms with Crippen LogP contribution in [-0.2, 0) is 13.1 Å². The lowest BCUT2D eigenvalue weighted by Gasteiger charge is -2.15. The van der Waals surface area contributed by atoms with Crippen molar-refractivity contribution >= 4 is 24.0 Å². The SMILES string of the molecule is Cl.NC(CO)c1nc(Cn2nc(-c3ccc(Cl)cc3)n(CC(O)C(F)(F)F)c2=O)nn1-c1ncccc1OC(F)(F)F. The third-order valence-corrected chi connectivity index (χ3v) is 5.68. The van der Waals surface area contributed by atoms with Crippen LogP contribution in [0.1, 0.15) is 17.7 Å². The molecule has 0 aliphatic rings. The second-order valence-electron chi connectivity index (χ2n) is 8.40. The first-order valence-corrected chi connectivity index (χ1v) is 11.8. The van der Waals surface area contributed by atoms with Crippen molar-refractivity contribution in [3.63, 3.8) is 0 Å². The van der Waals surface area contributed by atoms with Gasteiger partial charge in [0, 0.05) is 16.8 Å². The molecular weight excluding hydrogens is 625 g/mol. The van der Waals surface area contributed by atoms with Crippen LogP contribution in [0.25, 0.3) is 17.2 Å². The quantitative estimate of drug-likeness (QED) is 0.233. The first-order valence-electron chi connectivity index (χ1n) is 11.4. The lowest BCUT2D eigenvalue weighted by molar-refractivity contribution is -0.274. The number of aliphatic hydroxyl groups is 2. The van der Waals surface area contributed by atoms with E-state index in [-0.39, 0.29) is 35.4 Å². The molecule has 0 aliphatic heterocycles. The van der Waals surface area contributed by atoms with Crippen molar-refractivity contribution in [2.75, 3.05) is 6.61 Å². The van der Waals surface area contributed by atoms with Gasteiger partial charge >= 0.3 is 18.2 Å². The van der Waals surface area contributed by atoms with E-state index >= 15 is 0 Å². The molecule has 0 spiro atoms. The number of rotatable bonds is 9. The second-order valence-corrected chi connectivity index (χ2v) is 8.84. The molecular formula is C22H20Cl2F6N8O4. The molecule has 0 saturated carbocycles. The Morgan fingerprint density at radius 1 is 1.07 bits per heavy atom. The van der Waals surface area contributed by atoms with Gasteiger partial charge in [0.2, 0.25) is 0 Å². The predicted octanol–water partition coefficient (Wildman–Crippen LogP) is 2.62. The van der Waals surface area contributed by atoms with Gasteiger partial charge in [-0.05, 0) is 36.4 Å². The predicted molar refractivity (Wildman–Crippen MR) is 135 cm³/mol. The van der Waals surface area contributed by atoms with Gasteiger partial charge in [0.15, 0.2) is 35.1 Å². The second kappa shape index (κ2) is 12.7. The average Bonchev–Trinajstić information content (AvgIpc) is 3.44. The fourth-order valence-corrected chi connectivity index (χ4v) is 3.72. The number of hydrogen-bond acceptors (Lipinski definition) is 9. The minimum atomic E-state index is -5.10. The van der Waals surface area contributed by atoms with Gasteiger partial charge in [0.25, 0.3) is 0 Å². The van der Waals surface area contributed by atoms with Crippen molar-refractivity contribution in [1.82, 2.24) is 34.1 Å². The van der Waals surface area contributed by atoms with E-state index in [4.69, 9.17) is 17.3 Å². The molecule has 0 aliphatic carbocycles. The van der Waals surface area contributed by atoms with Crippen molar-refractivity contribution < 1.29 is 41.3 Å². The van der Waals surface area contributed by atoms with E-state index < -0.39 is 61.6 Å². The molecule has 12 nitrogen and oxygen atoms in total. The Morgan fingerprint density at radius 3 is 2.33 bits per heavy atom. The molecule has 2 atom stereocenters. The number of nitrogens with two attached hydrogens (primary N) is 1. The molecule has 20 heteroatoms. The standard InChI is InChI=1S/C22H19ClF6N8O4.ClH/c23-12-5-3-11(4-6-12)17-34-36(20(40)35(17)8-15(39)21(24,25)26)9-16-32-18(13(30)10-38)37(33-16)19-14(2-1-7-31-19)41-22(27,28)29;/h1-7,13,15,38-39H,8-10,30H2;1H. The minimum absolute atomic E-state index is 0. The van der Waals surface area contributed by atoms with E-state index in [0.29, 0.717) is 14.3 Å². The Kier molecular flexibility index (Phi) is 9.88. The maximum Gasteiger partial charge on any atom is 0.573 e. The third kappa shape index (κ3) is 7.37. The summed E-state index contributed by atoms with van der Waals surface area (Å²) in [5, 5.41) is 27.6. The van der Waals surface area contributed by atoms with Crippen molar-refractivity contribution in [3.05, 3.63) is 69.8 Å². The number of benzene rings is 1. The topological polar surface area (TPSA) is 159 Å². The fraction of sp³-hybridized carbons (Fsp3) is 0.318.